The molecule has 0 aromatic heterocycles. The van der Waals surface area contributed by atoms with Gasteiger partial charge >= 0.3 is 0 Å². The van der Waals surface area contributed by atoms with Gasteiger partial charge in [-0.3, -0.25) is 0 Å². The average Bonchev–Trinajstić information content (AvgIpc) is 2.54. The lowest BCUT2D eigenvalue weighted by molar-refractivity contribution is 0.122. The van der Waals surface area contributed by atoms with Gasteiger partial charge in [0.05, 0.1) is 0 Å². The molecule has 0 bridgehead atoms. The molecule has 120 valence electrons. The largest absolute Gasteiger partial charge is 0.457 e. The van der Waals surface area contributed by atoms with E-state index in [0.717, 1.165) is 24.8 Å². The maximum atomic E-state index is 10.5. The molecule has 0 aliphatic heterocycles. The Morgan fingerprint density at radius 3 is 2.17 bits per heavy atom. The van der Waals surface area contributed by atoms with Crippen LogP contribution in [0.3, 0.4) is 0 Å². The van der Waals surface area contributed by atoms with Crippen molar-refractivity contribution in [3.8, 4) is 23.3 Å². The van der Waals surface area contributed by atoms with Gasteiger partial charge in [0.1, 0.15) is 17.1 Å². The maximum absolute atomic E-state index is 10.5. The van der Waals surface area contributed by atoms with Crippen LogP contribution in [0.25, 0.3) is 0 Å². The second kappa shape index (κ2) is 8.06. The first-order valence-electron chi connectivity index (χ1n) is 7.77. The summed E-state index contributed by atoms with van der Waals surface area (Å²) in [7, 11) is 0. The van der Waals surface area contributed by atoms with Crippen LogP contribution in [0.4, 0.5) is 0 Å². The van der Waals surface area contributed by atoms with E-state index in [1.165, 1.54) is 0 Å². The van der Waals surface area contributed by atoms with Crippen LogP contribution >= 0.6 is 11.6 Å². The van der Waals surface area contributed by atoms with Gasteiger partial charge in [-0.25, -0.2) is 0 Å². The van der Waals surface area contributed by atoms with Crippen molar-refractivity contribution in [3.63, 3.8) is 0 Å². The third-order valence-electron chi connectivity index (χ3n) is 3.45. The lowest BCUT2D eigenvalue weighted by atomic mass is 9.96. The Labute approximate surface area is 143 Å². The number of hydrogen-bond donors (Lipinski definition) is 1. The molecule has 0 saturated heterocycles. The minimum atomic E-state index is -1.15. The fourth-order valence-corrected chi connectivity index (χ4v) is 2.18. The van der Waals surface area contributed by atoms with Crippen molar-refractivity contribution in [1.82, 2.24) is 0 Å². The van der Waals surface area contributed by atoms with Gasteiger partial charge in [-0.15, -0.1) is 0 Å². The van der Waals surface area contributed by atoms with Crippen molar-refractivity contribution < 1.29 is 9.84 Å². The lowest BCUT2D eigenvalue weighted by Crippen LogP contribution is -2.18. The van der Waals surface area contributed by atoms with Gasteiger partial charge in [-0.2, -0.15) is 0 Å². The zero-order chi connectivity index (χ0) is 16.7. The molecule has 0 spiro atoms. The third kappa shape index (κ3) is 5.32. The smallest absolute Gasteiger partial charge is 0.148 e. The molecule has 3 heteroatoms. The molecule has 23 heavy (non-hydrogen) atoms. The zero-order valence-electron chi connectivity index (χ0n) is 13.5. The van der Waals surface area contributed by atoms with Crippen LogP contribution in [0.5, 0.6) is 11.5 Å². The van der Waals surface area contributed by atoms with Gasteiger partial charge in [-0.05, 0) is 55.3 Å². The Hall–Kier alpha value is -1.95. The second-order valence-corrected chi connectivity index (χ2v) is 5.99. The minimum absolute atomic E-state index is 0.672. The number of aliphatic hydroxyl groups is 1. The number of hydrogen-bond acceptors (Lipinski definition) is 2. The van der Waals surface area contributed by atoms with Gasteiger partial charge in [0.15, 0.2) is 0 Å². The van der Waals surface area contributed by atoms with E-state index in [9.17, 15) is 5.11 Å². The van der Waals surface area contributed by atoms with E-state index >= 15 is 0 Å². The Morgan fingerprint density at radius 1 is 1.04 bits per heavy atom. The Kier molecular flexibility index (Phi) is 6.10. The van der Waals surface area contributed by atoms with Crippen molar-refractivity contribution in [2.75, 3.05) is 0 Å². The van der Waals surface area contributed by atoms with Gasteiger partial charge in [0.25, 0.3) is 0 Å². The number of rotatable bonds is 5. The summed E-state index contributed by atoms with van der Waals surface area (Å²) in [5, 5.41) is 11.1. The van der Waals surface area contributed by atoms with Crippen LogP contribution in [0, 0.1) is 11.8 Å². The monoisotopic (exact) mass is 328 g/mol. The standard InChI is InChI=1S/C20H21ClO2/c1-3-4-5-6-15-20(2,22)16-7-11-18(12-8-16)23-19-13-9-17(21)10-14-19/h7-14,22H,3-5H2,1-2H3. The molecular formula is C20H21ClO2. The summed E-state index contributed by atoms with van der Waals surface area (Å²) < 4.78 is 5.74. The molecule has 1 atom stereocenters. The zero-order valence-corrected chi connectivity index (χ0v) is 14.2. The van der Waals surface area contributed by atoms with E-state index in [-0.39, 0.29) is 0 Å². The highest BCUT2D eigenvalue weighted by Gasteiger charge is 2.19. The van der Waals surface area contributed by atoms with E-state index in [4.69, 9.17) is 16.3 Å². The fraction of sp³-hybridized carbons (Fsp3) is 0.300. The van der Waals surface area contributed by atoms with Crippen molar-refractivity contribution in [3.05, 3.63) is 59.1 Å². The lowest BCUT2D eigenvalue weighted by Gasteiger charge is -2.17. The number of benzene rings is 2. The third-order valence-corrected chi connectivity index (χ3v) is 3.70. The summed E-state index contributed by atoms with van der Waals surface area (Å²) in [6.45, 7) is 3.83. The summed E-state index contributed by atoms with van der Waals surface area (Å²) >= 11 is 5.85. The molecule has 2 rings (SSSR count). The summed E-state index contributed by atoms with van der Waals surface area (Å²) in [5.41, 5.74) is -0.392. The van der Waals surface area contributed by atoms with Crippen LogP contribution in [-0.4, -0.2) is 5.11 Å². The summed E-state index contributed by atoms with van der Waals surface area (Å²) in [5.74, 6) is 7.39. The van der Waals surface area contributed by atoms with E-state index in [2.05, 4.69) is 18.8 Å². The Morgan fingerprint density at radius 2 is 1.61 bits per heavy atom. The molecule has 2 nitrogen and oxygen atoms in total. The van der Waals surface area contributed by atoms with Crippen molar-refractivity contribution in [1.29, 1.82) is 0 Å². The summed E-state index contributed by atoms with van der Waals surface area (Å²) in [4.78, 5) is 0. The molecule has 1 unspecified atom stereocenters. The first-order valence-corrected chi connectivity index (χ1v) is 8.15. The van der Waals surface area contributed by atoms with Gasteiger partial charge < -0.3 is 9.84 Å². The van der Waals surface area contributed by atoms with E-state index in [0.29, 0.717) is 16.5 Å². The van der Waals surface area contributed by atoms with E-state index in [1.54, 1.807) is 19.1 Å². The molecule has 2 aromatic carbocycles. The SMILES string of the molecule is CCCCC#CC(C)(O)c1ccc(Oc2ccc(Cl)cc2)cc1. The normalized spacial score (nSPS) is 12.9. The number of ether oxygens (including phenoxy) is 1. The van der Waals surface area contributed by atoms with Gasteiger partial charge in [0.2, 0.25) is 0 Å². The van der Waals surface area contributed by atoms with Crippen LogP contribution in [0.15, 0.2) is 48.5 Å². The topological polar surface area (TPSA) is 29.5 Å². The predicted octanol–water partition coefficient (Wildman–Crippen LogP) is 5.53. The molecule has 0 amide bonds. The average molecular weight is 329 g/mol. The Bertz CT molecular complexity index is 676. The molecule has 0 fully saturated rings. The summed E-state index contributed by atoms with van der Waals surface area (Å²) in [6, 6.07) is 14.5. The van der Waals surface area contributed by atoms with Crippen LogP contribution in [0.2, 0.25) is 5.02 Å². The van der Waals surface area contributed by atoms with Crippen molar-refractivity contribution in [2.45, 2.75) is 38.7 Å². The minimum Gasteiger partial charge on any atom is -0.457 e. The van der Waals surface area contributed by atoms with Gasteiger partial charge in [-0.1, -0.05) is 48.9 Å². The number of halogens is 1. The Balaban J connectivity index is 2.05. The quantitative estimate of drug-likeness (QED) is 0.577. The second-order valence-electron chi connectivity index (χ2n) is 5.56. The molecular weight excluding hydrogens is 308 g/mol. The molecule has 0 aliphatic carbocycles. The maximum Gasteiger partial charge on any atom is 0.148 e. The van der Waals surface area contributed by atoms with Crippen molar-refractivity contribution in [2.24, 2.45) is 0 Å². The highest BCUT2D eigenvalue weighted by molar-refractivity contribution is 6.30. The first kappa shape index (κ1) is 17.4. The molecule has 0 saturated carbocycles. The molecule has 0 aliphatic rings. The fourth-order valence-electron chi connectivity index (χ4n) is 2.06. The van der Waals surface area contributed by atoms with Crippen LogP contribution < -0.4 is 4.74 Å². The van der Waals surface area contributed by atoms with E-state index < -0.39 is 5.60 Å². The molecule has 1 N–H and O–H groups in total. The van der Waals surface area contributed by atoms with Crippen LogP contribution in [-0.2, 0) is 5.60 Å². The van der Waals surface area contributed by atoms with Crippen molar-refractivity contribution >= 4 is 11.6 Å². The van der Waals surface area contributed by atoms with Crippen LogP contribution in [0.1, 0.15) is 38.7 Å². The van der Waals surface area contributed by atoms with Gasteiger partial charge in [0, 0.05) is 11.4 Å². The highest BCUT2D eigenvalue weighted by atomic mass is 35.5. The van der Waals surface area contributed by atoms with E-state index in [1.807, 2.05) is 36.4 Å². The first-order chi connectivity index (χ1) is 11.0. The predicted molar refractivity (Wildman–Crippen MR) is 94.8 cm³/mol. The highest BCUT2D eigenvalue weighted by Crippen LogP contribution is 2.26. The molecule has 2 aromatic rings. The molecule has 0 heterocycles. The molecule has 0 radical (unpaired) electrons. The number of unbranched alkanes of at least 4 members (excludes halogenated alkanes) is 2. The summed E-state index contributed by atoms with van der Waals surface area (Å²) in [6.07, 6.45) is 2.97.